The second kappa shape index (κ2) is 8.87. The Morgan fingerprint density at radius 3 is 2.00 bits per heavy atom. The summed E-state index contributed by atoms with van der Waals surface area (Å²) in [7, 11) is 0. The molecule has 1 nitrogen and oxygen atoms in total. The van der Waals surface area contributed by atoms with E-state index in [1.807, 2.05) is 0 Å². The van der Waals surface area contributed by atoms with Gasteiger partial charge in [0.1, 0.15) is 0 Å². The van der Waals surface area contributed by atoms with E-state index < -0.39 is 16.2 Å². The van der Waals surface area contributed by atoms with Gasteiger partial charge in [0.05, 0.1) is 0 Å². The van der Waals surface area contributed by atoms with Crippen molar-refractivity contribution in [3.8, 4) is 0 Å². The molecule has 0 aromatic carbocycles. The third-order valence-electron chi connectivity index (χ3n) is 0. The Labute approximate surface area is 74.7 Å². The van der Waals surface area contributed by atoms with Gasteiger partial charge in [0, 0.05) is 0 Å². The Morgan fingerprint density at radius 2 is 2.00 bits per heavy atom. The van der Waals surface area contributed by atoms with Crippen molar-refractivity contribution < 1.29 is 60.0 Å². The second-order valence-corrected chi connectivity index (χ2v) is 0.359. The van der Waals surface area contributed by atoms with Gasteiger partial charge in [-0.2, -0.15) is 0 Å². The van der Waals surface area contributed by atoms with E-state index >= 15 is 0 Å². The zero-order valence-corrected chi connectivity index (χ0v) is 7.23. The largest absolute Gasteiger partial charge is 1.00 e. The van der Waals surface area contributed by atoms with Gasteiger partial charge in [0.25, 0.3) is 0 Å². The summed E-state index contributed by atoms with van der Waals surface area (Å²) in [6.07, 6.45) is 0. The first kappa shape index (κ1) is 9.33. The number of halogens is 1. The van der Waals surface area contributed by atoms with Gasteiger partial charge in [0.15, 0.2) is 0 Å². The van der Waals surface area contributed by atoms with Gasteiger partial charge >= 0.3 is 74.8 Å². The molecule has 0 spiro atoms. The Bertz CT molecular complexity index is 19.1. The number of hydrogen-bond donors (Lipinski definition) is 0. The molecule has 0 heterocycles. The van der Waals surface area contributed by atoms with Crippen LogP contribution in [0.2, 0.25) is 0 Å². The van der Waals surface area contributed by atoms with E-state index in [0.29, 0.717) is 0 Å². The molecule has 0 N–H and O–H groups in total. The fourth-order valence-corrected chi connectivity index (χ4v) is 0. The summed E-state index contributed by atoms with van der Waals surface area (Å²) >= 11 is -2.06. The first-order chi connectivity index (χ1) is 1.41. The van der Waals surface area contributed by atoms with Crippen LogP contribution in [0.4, 0.5) is 3.47 Å². The monoisotopic (exact) mass is 150 g/mol. The summed E-state index contributed by atoms with van der Waals surface area (Å²) in [5.41, 5.74) is 0. The minimum absolute atomic E-state index is 0. The van der Waals surface area contributed by atoms with Crippen molar-refractivity contribution in [2.75, 3.05) is 0 Å². The second-order valence-electron chi connectivity index (χ2n) is 0.0690. The molecule has 4 heavy (non-hydrogen) atoms. The normalized spacial score (nSPS) is 5.25. The molecule has 0 amide bonds. The fraction of sp³-hybridized carbons (Fsp3) is 0. The van der Waals surface area contributed by atoms with E-state index in [0.717, 1.165) is 0 Å². The first-order valence-electron chi connectivity index (χ1n) is 0.352. The van der Waals surface area contributed by atoms with Crippen molar-refractivity contribution in [2.24, 2.45) is 0 Å². The molecular weight excluding hydrogens is 149 g/mol. The van der Waals surface area contributed by atoms with Crippen LogP contribution in [0.15, 0.2) is 0 Å². The minimum Gasteiger partial charge on any atom is -1.00 e. The third kappa shape index (κ3) is 9.06. The summed E-state index contributed by atoms with van der Waals surface area (Å²) < 4.78 is 18.2. The topological polar surface area (TPSA) is 17.1 Å². The summed E-state index contributed by atoms with van der Waals surface area (Å²) in [6.45, 7) is 0. The van der Waals surface area contributed by atoms with Crippen LogP contribution in [0.1, 0.15) is 1.43 Å². The molecule has 0 saturated heterocycles. The van der Waals surface area contributed by atoms with E-state index in [1.165, 1.54) is 0 Å². The number of hydrogen-bond acceptors (Lipinski definition) is 1. The Hall–Kier alpha value is 1.92. The molecule has 0 aliphatic carbocycles. The maximum atomic E-state index is 9.83. The van der Waals surface area contributed by atoms with Gasteiger partial charge in [-0.1, -0.05) is 0 Å². The van der Waals surface area contributed by atoms with E-state index in [4.69, 9.17) is 3.74 Å². The Balaban J connectivity index is -0.0000000200. The van der Waals surface area contributed by atoms with E-state index in [9.17, 15) is 3.47 Å². The molecule has 0 bridgehead atoms. The van der Waals surface area contributed by atoms with Crippen LogP contribution in [-0.4, -0.2) is 16.2 Å². The summed E-state index contributed by atoms with van der Waals surface area (Å²) in [5, 5.41) is 0. The summed E-state index contributed by atoms with van der Waals surface area (Å²) in [6, 6.07) is 0. The molecule has 0 saturated carbocycles. The van der Waals surface area contributed by atoms with Gasteiger partial charge in [0.2, 0.25) is 0 Å². The van der Waals surface area contributed by atoms with Crippen molar-refractivity contribution in [3.05, 3.63) is 0 Å². The van der Waals surface area contributed by atoms with Crippen LogP contribution >= 0.6 is 0 Å². The maximum absolute atomic E-state index is 9.83. The summed E-state index contributed by atoms with van der Waals surface area (Å²) in [5.74, 6) is 0. The SMILES string of the molecule is O=[As]F.[H-].[K+]. The zero-order chi connectivity index (χ0) is 2.71. The predicted molar refractivity (Wildman–Crippen MR) is 8.66 cm³/mol. The van der Waals surface area contributed by atoms with E-state index in [2.05, 4.69) is 0 Å². The van der Waals surface area contributed by atoms with E-state index in [1.54, 1.807) is 0 Å². The van der Waals surface area contributed by atoms with Crippen LogP contribution in [0.5, 0.6) is 0 Å². The standard InChI is InChI=1S/AsFO.K.H/c2-1-3;;/q;+1;-1. The molecule has 0 aromatic heterocycles. The Kier molecular flexibility index (Phi) is 20.7. The molecule has 0 radical (unpaired) electrons. The molecule has 4 heteroatoms. The van der Waals surface area contributed by atoms with Crippen LogP contribution in [-0.2, 0) is 3.74 Å². The molecule has 0 aliphatic rings. The fourth-order valence-electron chi connectivity index (χ4n) is 0. The Morgan fingerprint density at radius 1 is 2.00 bits per heavy atom. The van der Waals surface area contributed by atoms with Crippen molar-refractivity contribution in [3.63, 3.8) is 0 Å². The molecule has 0 atom stereocenters. The summed E-state index contributed by atoms with van der Waals surface area (Å²) in [4.78, 5) is 0. The quantitative estimate of drug-likeness (QED) is 0.337. The van der Waals surface area contributed by atoms with Crippen molar-refractivity contribution in [1.82, 2.24) is 0 Å². The van der Waals surface area contributed by atoms with Gasteiger partial charge in [-0.05, 0) is 0 Å². The average molecular weight is 150 g/mol. The molecule has 0 rings (SSSR count). The number of rotatable bonds is 0. The van der Waals surface area contributed by atoms with Crippen LogP contribution in [0.3, 0.4) is 0 Å². The van der Waals surface area contributed by atoms with Gasteiger partial charge < -0.3 is 1.43 Å². The van der Waals surface area contributed by atoms with Crippen molar-refractivity contribution in [1.29, 1.82) is 0 Å². The van der Waals surface area contributed by atoms with Gasteiger partial charge in [-0.15, -0.1) is 0 Å². The van der Waals surface area contributed by atoms with Crippen LogP contribution < -0.4 is 51.4 Å². The first-order valence-corrected chi connectivity index (χ1v) is 1.83. The third-order valence-corrected chi connectivity index (χ3v) is 0. The van der Waals surface area contributed by atoms with Crippen molar-refractivity contribution >= 4 is 16.2 Å². The van der Waals surface area contributed by atoms with Crippen molar-refractivity contribution in [2.45, 2.75) is 0 Å². The zero-order valence-electron chi connectivity index (χ0n) is 3.23. The molecular formula is HAsFKO. The van der Waals surface area contributed by atoms with E-state index in [-0.39, 0.29) is 52.8 Å². The molecule has 0 fully saturated rings. The average Bonchev–Trinajstić information content (AvgIpc) is 0.918. The van der Waals surface area contributed by atoms with Gasteiger partial charge in [-0.25, -0.2) is 0 Å². The van der Waals surface area contributed by atoms with Crippen LogP contribution in [0.25, 0.3) is 0 Å². The minimum atomic E-state index is -2.06. The molecule has 0 unspecified atom stereocenters. The van der Waals surface area contributed by atoms with Gasteiger partial charge in [-0.3, -0.25) is 0 Å². The molecule has 0 aromatic rings. The smallest absolute Gasteiger partial charge is 1.00 e. The predicted octanol–water partition coefficient (Wildman–Crippen LogP) is -2.96. The maximum Gasteiger partial charge on any atom is 1.00 e. The molecule has 20 valence electrons. The van der Waals surface area contributed by atoms with Crippen LogP contribution in [0, 0.1) is 0 Å². The molecule has 0 aliphatic heterocycles.